The second-order valence-corrected chi connectivity index (χ2v) is 3.16. The fourth-order valence-corrected chi connectivity index (χ4v) is 1.82. The van der Waals surface area contributed by atoms with Crippen molar-refractivity contribution in [2.45, 2.75) is 19.3 Å². The van der Waals surface area contributed by atoms with Crippen molar-refractivity contribution in [1.82, 2.24) is 0 Å². The van der Waals surface area contributed by atoms with Crippen LogP contribution in [-0.4, -0.2) is 11.1 Å². The number of fused-ring (bicyclic) bond motifs is 2. The molecule has 11 heavy (non-hydrogen) atoms. The fourth-order valence-electron chi connectivity index (χ4n) is 1.82. The molecule has 0 saturated carbocycles. The van der Waals surface area contributed by atoms with Gasteiger partial charge in [-0.15, -0.1) is 0 Å². The molecule has 3 aliphatic rings. The molecule has 2 bridgehead atoms. The molecule has 0 aromatic heterocycles. The molecular formula is C9H10O2. The van der Waals surface area contributed by atoms with Crippen molar-refractivity contribution in [3.8, 4) is 0 Å². The van der Waals surface area contributed by atoms with Gasteiger partial charge in [-0.2, -0.15) is 0 Å². The Morgan fingerprint density at radius 2 is 2.45 bits per heavy atom. The molecule has 3 rings (SSSR count). The molecule has 1 N–H and O–H groups in total. The van der Waals surface area contributed by atoms with E-state index in [-0.39, 0.29) is 0 Å². The van der Waals surface area contributed by atoms with Crippen LogP contribution in [0.4, 0.5) is 0 Å². The van der Waals surface area contributed by atoms with E-state index in [0.29, 0.717) is 11.5 Å². The van der Waals surface area contributed by atoms with Gasteiger partial charge in [-0.1, -0.05) is 11.6 Å². The Morgan fingerprint density at radius 1 is 1.64 bits per heavy atom. The first-order chi connectivity index (χ1) is 5.27. The number of aliphatic carboxylic acids is 1. The van der Waals surface area contributed by atoms with Crippen LogP contribution in [0.15, 0.2) is 23.3 Å². The highest BCUT2D eigenvalue weighted by molar-refractivity contribution is 5.88. The number of hydrogen-bond acceptors (Lipinski definition) is 1. The van der Waals surface area contributed by atoms with Crippen LogP contribution in [0, 0.1) is 5.92 Å². The van der Waals surface area contributed by atoms with Crippen LogP contribution < -0.4 is 0 Å². The zero-order valence-corrected chi connectivity index (χ0v) is 6.21. The minimum absolute atomic E-state index is 0.296. The summed E-state index contributed by atoms with van der Waals surface area (Å²) in [5.74, 6) is -0.440. The van der Waals surface area contributed by atoms with Gasteiger partial charge in [0.15, 0.2) is 0 Å². The Morgan fingerprint density at radius 3 is 2.73 bits per heavy atom. The van der Waals surface area contributed by atoms with E-state index in [9.17, 15) is 4.79 Å². The zero-order valence-electron chi connectivity index (χ0n) is 6.21. The van der Waals surface area contributed by atoms with Crippen molar-refractivity contribution < 1.29 is 9.90 Å². The monoisotopic (exact) mass is 150 g/mol. The van der Waals surface area contributed by atoms with Crippen molar-refractivity contribution in [3.05, 3.63) is 23.3 Å². The third-order valence-corrected chi connectivity index (χ3v) is 2.47. The quantitative estimate of drug-likeness (QED) is 0.618. The molecule has 2 heteroatoms. The van der Waals surface area contributed by atoms with E-state index in [1.54, 1.807) is 0 Å². The van der Waals surface area contributed by atoms with Crippen molar-refractivity contribution in [1.29, 1.82) is 0 Å². The predicted molar refractivity (Wildman–Crippen MR) is 41.1 cm³/mol. The predicted octanol–water partition coefficient (Wildman–Crippen LogP) is 1.74. The SMILES string of the molecule is O=C(O)C1=CC2=CCC1CC2. The van der Waals surface area contributed by atoms with E-state index in [2.05, 4.69) is 6.08 Å². The minimum atomic E-state index is -0.736. The molecule has 3 aliphatic carbocycles. The molecule has 0 radical (unpaired) electrons. The van der Waals surface area contributed by atoms with Crippen molar-refractivity contribution in [3.63, 3.8) is 0 Å². The molecular weight excluding hydrogens is 140 g/mol. The normalized spacial score (nSPS) is 27.8. The maximum Gasteiger partial charge on any atom is 0.331 e. The summed E-state index contributed by atoms with van der Waals surface area (Å²) in [6.07, 6.45) is 7.03. The molecule has 1 atom stereocenters. The smallest absolute Gasteiger partial charge is 0.331 e. The van der Waals surface area contributed by atoms with Crippen LogP contribution in [0.5, 0.6) is 0 Å². The fraction of sp³-hybridized carbons (Fsp3) is 0.444. The molecule has 58 valence electrons. The van der Waals surface area contributed by atoms with Gasteiger partial charge in [0.05, 0.1) is 0 Å². The lowest BCUT2D eigenvalue weighted by atomic mass is 9.78. The lowest BCUT2D eigenvalue weighted by Gasteiger charge is -2.27. The minimum Gasteiger partial charge on any atom is -0.478 e. The van der Waals surface area contributed by atoms with Crippen LogP contribution in [0.3, 0.4) is 0 Å². The third kappa shape index (κ3) is 0.985. The van der Waals surface area contributed by atoms with Crippen molar-refractivity contribution in [2.75, 3.05) is 0 Å². The molecule has 2 nitrogen and oxygen atoms in total. The van der Waals surface area contributed by atoms with Gasteiger partial charge in [0.1, 0.15) is 0 Å². The van der Waals surface area contributed by atoms with Crippen LogP contribution in [-0.2, 0) is 4.79 Å². The van der Waals surface area contributed by atoms with Gasteiger partial charge in [0.25, 0.3) is 0 Å². The summed E-state index contributed by atoms with van der Waals surface area (Å²) in [5, 5.41) is 8.76. The van der Waals surface area contributed by atoms with Crippen molar-refractivity contribution >= 4 is 5.97 Å². The second kappa shape index (κ2) is 2.22. The summed E-state index contributed by atoms with van der Waals surface area (Å²) in [5.41, 5.74) is 1.83. The second-order valence-electron chi connectivity index (χ2n) is 3.16. The summed E-state index contributed by atoms with van der Waals surface area (Å²) in [7, 11) is 0. The van der Waals surface area contributed by atoms with Gasteiger partial charge in [0.2, 0.25) is 0 Å². The van der Waals surface area contributed by atoms with Crippen LogP contribution >= 0.6 is 0 Å². The Balaban J connectivity index is 2.36. The number of carboxylic acid groups (broad SMARTS) is 1. The first-order valence-electron chi connectivity index (χ1n) is 3.91. The number of carboxylic acids is 1. The third-order valence-electron chi connectivity index (χ3n) is 2.47. The number of allylic oxidation sites excluding steroid dienone is 3. The average molecular weight is 150 g/mol. The lowest BCUT2D eigenvalue weighted by molar-refractivity contribution is -0.133. The van der Waals surface area contributed by atoms with E-state index in [1.807, 2.05) is 6.08 Å². The first-order valence-corrected chi connectivity index (χ1v) is 3.91. The Kier molecular flexibility index (Phi) is 1.34. The zero-order chi connectivity index (χ0) is 7.84. The number of rotatable bonds is 1. The molecule has 0 aliphatic heterocycles. The lowest BCUT2D eigenvalue weighted by Crippen LogP contribution is -2.19. The summed E-state index contributed by atoms with van der Waals surface area (Å²) in [6, 6.07) is 0. The van der Waals surface area contributed by atoms with E-state index in [1.165, 1.54) is 5.57 Å². The maximum atomic E-state index is 10.6. The Bertz CT molecular complexity index is 261. The van der Waals surface area contributed by atoms with Gasteiger partial charge >= 0.3 is 5.97 Å². The molecule has 0 aromatic rings. The molecule has 0 heterocycles. The Hall–Kier alpha value is -1.05. The van der Waals surface area contributed by atoms with Gasteiger partial charge in [-0.25, -0.2) is 4.79 Å². The van der Waals surface area contributed by atoms with Crippen LogP contribution in [0.25, 0.3) is 0 Å². The van der Waals surface area contributed by atoms with Gasteiger partial charge in [-0.05, 0) is 31.3 Å². The largest absolute Gasteiger partial charge is 0.478 e. The summed E-state index contributed by atoms with van der Waals surface area (Å²) in [6.45, 7) is 0. The molecule has 0 fully saturated rings. The van der Waals surface area contributed by atoms with Crippen molar-refractivity contribution in [2.24, 2.45) is 5.92 Å². The highest BCUT2D eigenvalue weighted by Gasteiger charge is 2.27. The molecule has 1 unspecified atom stereocenters. The molecule has 0 aromatic carbocycles. The molecule has 0 amide bonds. The van der Waals surface area contributed by atoms with Gasteiger partial charge in [0, 0.05) is 5.57 Å². The summed E-state index contributed by atoms with van der Waals surface area (Å²) >= 11 is 0. The van der Waals surface area contributed by atoms with Crippen LogP contribution in [0.1, 0.15) is 19.3 Å². The number of carbonyl (C=O) groups is 1. The van der Waals surface area contributed by atoms with E-state index in [0.717, 1.165) is 19.3 Å². The summed E-state index contributed by atoms with van der Waals surface area (Å²) < 4.78 is 0. The highest BCUT2D eigenvalue weighted by atomic mass is 16.4. The molecule has 0 saturated heterocycles. The van der Waals surface area contributed by atoms with Gasteiger partial charge < -0.3 is 5.11 Å². The van der Waals surface area contributed by atoms with E-state index in [4.69, 9.17) is 5.11 Å². The maximum absolute atomic E-state index is 10.6. The molecule has 0 spiro atoms. The number of hydrogen-bond donors (Lipinski definition) is 1. The van der Waals surface area contributed by atoms with Gasteiger partial charge in [-0.3, -0.25) is 0 Å². The van der Waals surface area contributed by atoms with E-state index >= 15 is 0 Å². The standard InChI is InChI=1S/C9H10O2/c10-9(11)8-5-6-1-3-7(8)4-2-6/h1,5,7H,2-4H2,(H,10,11). The summed E-state index contributed by atoms with van der Waals surface area (Å²) in [4.78, 5) is 10.6. The Labute approximate surface area is 65.2 Å². The van der Waals surface area contributed by atoms with E-state index < -0.39 is 5.97 Å². The highest BCUT2D eigenvalue weighted by Crippen LogP contribution is 2.36. The first kappa shape index (κ1) is 6.65. The van der Waals surface area contributed by atoms with Crippen LogP contribution in [0.2, 0.25) is 0 Å². The topological polar surface area (TPSA) is 37.3 Å². The average Bonchev–Trinajstić information content (AvgIpc) is 2.06.